The van der Waals surface area contributed by atoms with Gasteiger partial charge < -0.3 is 15.1 Å². The van der Waals surface area contributed by atoms with E-state index in [4.69, 9.17) is 0 Å². The summed E-state index contributed by atoms with van der Waals surface area (Å²) < 4.78 is 13.0. The normalized spacial score (nSPS) is 22.4. The van der Waals surface area contributed by atoms with Crippen molar-refractivity contribution in [2.24, 2.45) is 0 Å². The highest BCUT2D eigenvalue weighted by Gasteiger charge is 2.34. The number of carbonyl (C=O) groups is 2. The largest absolute Gasteiger partial charge is 0.340 e. The predicted molar refractivity (Wildman–Crippen MR) is 87.8 cm³/mol. The second-order valence-electron chi connectivity index (χ2n) is 6.46. The number of benzene rings is 1. The van der Waals surface area contributed by atoms with Crippen LogP contribution in [0.25, 0.3) is 0 Å². The molecule has 0 radical (unpaired) electrons. The molecule has 2 aliphatic rings. The minimum atomic E-state index is -0.439. The van der Waals surface area contributed by atoms with Gasteiger partial charge in [0.2, 0.25) is 5.91 Å². The molecule has 7 heteroatoms. The highest BCUT2D eigenvalue weighted by molar-refractivity contribution is 5.90. The molecule has 3 amide bonds. The maximum atomic E-state index is 13.0. The third-order valence-electron chi connectivity index (χ3n) is 4.62. The van der Waals surface area contributed by atoms with E-state index in [9.17, 15) is 14.0 Å². The highest BCUT2D eigenvalue weighted by atomic mass is 19.1. The molecular formula is C17H23FN4O2. The van der Waals surface area contributed by atoms with E-state index in [-0.39, 0.29) is 17.8 Å². The highest BCUT2D eigenvalue weighted by Crippen LogP contribution is 2.12. The third kappa shape index (κ3) is 3.84. The number of amides is 3. The molecule has 0 spiro atoms. The van der Waals surface area contributed by atoms with Gasteiger partial charge in [-0.3, -0.25) is 9.69 Å². The molecule has 2 fully saturated rings. The van der Waals surface area contributed by atoms with Crippen molar-refractivity contribution in [3.8, 4) is 0 Å². The summed E-state index contributed by atoms with van der Waals surface area (Å²) in [5.74, 6) is -0.230. The zero-order valence-electron chi connectivity index (χ0n) is 13.9. The second kappa shape index (κ2) is 7.17. The third-order valence-corrected chi connectivity index (χ3v) is 4.62. The standard InChI is InChI=1S/C17H23FN4O2/c1-20-12-15(19-17(20)24)16(23)22-8-2-7-21(9-10-22)11-13-3-5-14(18)6-4-13/h3-6,15H,2,7-12H2,1H3,(H,19,24)/t15-/m1/s1. The SMILES string of the molecule is CN1C[C@H](C(=O)N2CCCN(Cc3ccc(F)cc3)CC2)NC1=O. The van der Waals surface area contributed by atoms with Gasteiger partial charge in [0.25, 0.3) is 0 Å². The molecule has 130 valence electrons. The minimum Gasteiger partial charge on any atom is -0.340 e. The quantitative estimate of drug-likeness (QED) is 0.893. The molecule has 1 N–H and O–H groups in total. The molecule has 6 nitrogen and oxygen atoms in total. The van der Waals surface area contributed by atoms with E-state index >= 15 is 0 Å². The van der Waals surface area contributed by atoms with Gasteiger partial charge in [0.05, 0.1) is 6.54 Å². The van der Waals surface area contributed by atoms with Crippen LogP contribution in [-0.2, 0) is 11.3 Å². The topological polar surface area (TPSA) is 55.9 Å². The Kier molecular flexibility index (Phi) is 4.99. The van der Waals surface area contributed by atoms with Gasteiger partial charge in [0.15, 0.2) is 0 Å². The van der Waals surface area contributed by atoms with Crippen molar-refractivity contribution in [2.75, 3.05) is 39.8 Å². The monoisotopic (exact) mass is 334 g/mol. The maximum Gasteiger partial charge on any atom is 0.317 e. The van der Waals surface area contributed by atoms with Crippen LogP contribution in [0.1, 0.15) is 12.0 Å². The number of likely N-dealkylation sites (N-methyl/N-ethyl adjacent to an activating group) is 1. The van der Waals surface area contributed by atoms with Crippen molar-refractivity contribution in [3.63, 3.8) is 0 Å². The van der Waals surface area contributed by atoms with Crippen LogP contribution >= 0.6 is 0 Å². The Balaban J connectivity index is 1.54. The van der Waals surface area contributed by atoms with Crippen molar-refractivity contribution in [1.82, 2.24) is 20.0 Å². The van der Waals surface area contributed by atoms with Gasteiger partial charge in [0, 0.05) is 39.8 Å². The molecule has 1 aromatic carbocycles. The lowest BCUT2D eigenvalue weighted by Crippen LogP contribution is -2.46. The minimum absolute atomic E-state index is 0.00340. The van der Waals surface area contributed by atoms with E-state index in [0.29, 0.717) is 19.6 Å². The first-order valence-corrected chi connectivity index (χ1v) is 8.30. The van der Waals surface area contributed by atoms with Crippen molar-refractivity contribution in [3.05, 3.63) is 35.6 Å². The maximum absolute atomic E-state index is 13.0. The van der Waals surface area contributed by atoms with Gasteiger partial charge in [-0.2, -0.15) is 0 Å². The van der Waals surface area contributed by atoms with Crippen LogP contribution in [0.2, 0.25) is 0 Å². The predicted octanol–water partition coefficient (Wildman–Crippen LogP) is 0.884. The van der Waals surface area contributed by atoms with Crippen molar-refractivity contribution in [1.29, 1.82) is 0 Å². The van der Waals surface area contributed by atoms with E-state index < -0.39 is 6.04 Å². The van der Waals surface area contributed by atoms with Gasteiger partial charge in [-0.15, -0.1) is 0 Å². The smallest absolute Gasteiger partial charge is 0.317 e. The molecule has 24 heavy (non-hydrogen) atoms. The first-order chi connectivity index (χ1) is 11.5. The van der Waals surface area contributed by atoms with Crippen LogP contribution in [0.3, 0.4) is 0 Å². The molecule has 1 aromatic rings. The van der Waals surface area contributed by atoms with E-state index in [1.807, 2.05) is 4.90 Å². The zero-order valence-corrected chi connectivity index (χ0v) is 13.9. The van der Waals surface area contributed by atoms with E-state index in [1.54, 1.807) is 19.2 Å². The molecule has 3 rings (SSSR count). The lowest BCUT2D eigenvalue weighted by molar-refractivity contribution is -0.132. The lowest BCUT2D eigenvalue weighted by atomic mass is 10.2. The molecule has 0 aliphatic carbocycles. The van der Waals surface area contributed by atoms with Crippen LogP contribution in [0.5, 0.6) is 0 Å². The lowest BCUT2D eigenvalue weighted by Gasteiger charge is -2.24. The summed E-state index contributed by atoms with van der Waals surface area (Å²) in [6.45, 7) is 4.21. The Morgan fingerprint density at radius 2 is 1.96 bits per heavy atom. The Morgan fingerprint density at radius 1 is 1.21 bits per heavy atom. The fourth-order valence-electron chi connectivity index (χ4n) is 3.22. The summed E-state index contributed by atoms with van der Waals surface area (Å²) in [4.78, 5) is 29.7. The number of nitrogens with one attached hydrogen (secondary N) is 1. The van der Waals surface area contributed by atoms with Gasteiger partial charge >= 0.3 is 6.03 Å². The van der Waals surface area contributed by atoms with Gasteiger partial charge in [-0.1, -0.05) is 12.1 Å². The molecule has 0 unspecified atom stereocenters. The molecule has 0 bridgehead atoms. The number of hydrogen-bond donors (Lipinski definition) is 1. The van der Waals surface area contributed by atoms with Crippen LogP contribution < -0.4 is 5.32 Å². The van der Waals surface area contributed by atoms with Gasteiger partial charge in [0.1, 0.15) is 11.9 Å². The Bertz CT molecular complexity index is 607. The van der Waals surface area contributed by atoms with Gasteiger partial charge in [-0.25, -0.2) is 9.18 Å². The fourth-order valence-corrected chi connectivity index (χ4v) is 3.22. The summed E-state index contributed by atoms with van der Waals surface area (Å²) in [5.41, 5.74) is 1.07. The average Bonchev–Trinajstić information content (AvgIpc) is 2.77. The molecule has 2 aliphatic heterocycles. The first-order valence-electron chi connectivity index (χ1n) is 8.30. The summed E-state index contributed by atoms with van der Waals surface area (Å²) in [5, 5.41) is 2.72. The van der Waals surface area contributed by atoms with Crippen LogP contribution in [0.4, 0.5) is 9.18 Å². The number of hydrogen-bond acceptors (Lipinski definition) is 3. The molecule has 1 atom stereocenters. The van der Waals surface area contributed by atoms with Crippen molar-refractivity contribution >= 4 is 11.9 Å². The molecular weight excluding hydrogens is 311 g/mol. The van der Waals surface area contributed by atoms with Gasteiger partial charge in [-0.05, 0) is 24.1 Å². The molecule has 0 aromatic heterocycles. The van der Waals surface area contributed by atoms with E-state index in [2.05, 4.69) is 10.2 Å². The van der Waals surface area contributed by atoms with Crippen LogP contribution in [-0.4, -0.2) is 72.5 Å². The average molecular weight is 334 g/mol. The zero-order chi connectivity index (χ0) is 17.1. The number of urea groups is 1. The summed E-state index contributed by atoms with van der Waals surface area (Å²) in [6, 6.07) is 5.91. The molecule has 0 saturated carbocycles. The van der Waals surface area contributed by atoms with Crippen molar-refractivity contribution < 1.29 is 14.0 Å². The summed E-state index contributed by atoms with van der Waals surface area (Å²) in [7, 11) is 1.69. The van der Waals surface area contributed by atoms with E-state index in [1.165, 1.54) is 17.0 Å². The fraction of sp³-hybridized carbons (Fsp3) is 0.529. The second-order valence-corrected chi connectivity index (χ2v) is 6.46. The van der Waals surface area contributed by atoms with Crippen LogP contribution in [0.15, 0.2) is 24.3 Å². The summed E-state index contributed by atoms with van der Waals surface area (Å²) in [6.07, 6.45) is 0.892. The van der Waals surface area contributed by atoms with E-state index in [0.717, 1.165) is 31.6 Å². The molecule has 2 saturated heterocycles. The Labute approximate surface area is 141 Å². The number of carbonyl (C=O) groups excluding carboxylic acids is 2. The number of rotatable bonds is 3. The summed E-state index contributed by atoms with van der Waals surface area (Å²) >= 11 is 0. The van der Waals surface area contributed by atoms with Crippen LogP contribution in [0, 0.1) is 5.82 Å². The number of nitrogens with zero attached hydrogens (tertiary/aromatic N) is 3. The Hall–Kier alpha value is -2.15. The number of halogens is 1. The first kappa shape index (κ1) is 16.7. The van der Waals surface area contributed by atoms with Crippen molar-refractivity contribution in [2.45, 2.75) is 19.0 Å². The molecule has 2 heterocycles. The Morgan fingerprint density at radius 3 is 2.62 bits per heavy atom.